The van der Waals surface area contributed by atoms with Crippen molar-refractivity contribution in [1.82, 2.24) is 10.6 Å². The second-order valence-electron chi connectivity index (χ2n) is 10.7. The molecule has 1 aliphatic carbocycles. The van der Waals surface area contributed by atoms with Crippen LogP contribution in [-0.2, 0) is 13.1 Å². The molecule has 4 nitrogen and oxygen atoms in total. The summed E-state index contributed by atoms with van der Waals surface area (Å²) in [5.41, 5.74) is 5.59. The van der Waals surface area contributed by atoms with Crippen LogP contribution in [0, 0.1) is 0 Å². The second-order valence-corrected chi connectivity index (χ2v) is 10.7. The van der Waals surface area contributed by atoms with Crippen molar-refractivity contribution in [1.29, 1.82) is 0 Å². The maximum Gasteiger partial charge on any atom is 0.0366 e. The molecule has 2 atom stereocenters. The largest absolute Gasteiger partial charge is 0.372 e. The number of nitrogens with zero attached hydrogens (tertiary/aromatic N) is 2. The third kappa shape index (κ3) is 6.34. The third-order valence-corrected chi connectivity index (χ3v) is 8.22. The molecular formula is C30H44N4. The summed E-state index contributed by atoms with van der Waals surface area (Å²) in [6.07, 6.45) is 13.4. The quantitative estimate of drug-likeness (QED) is 0.517. The van der Waals surface area contributed by atoms with E-state index >= 15 is 0 Å². The highest BCUT2D eigenvalue weighted by Crippen LogP contribution is 2.23. The van der Waals surface area contributed by atoms with Crippen LogP contribution in [-0.4, -0.2) is 38.3 Å². The molecular weight excluding hydrogens is 416 g/mol. The van der Waals surface area contributed by atoms with Crippen LogP contribution in [0.25, 0.3) is 0 Å². The van der Waals surface area contributed by atoms with Gasteiger partial charge in [0.2, 0.25) is 0 Å². The Hall–Kier alpha value is -2.04. The number of rotatable bonds is 8. The molecule has 184 valence electrons. The van der Waals surface area contributed by atoms with Gasteiger partial charge in [0, 0.05) is 62.7 Å². The van der Waals surface area contributed by atoms with E-state index in [1.807, 2.05) is 0 Å². The van der Waals surface area contributed by atoms with Crippen molar-refractivity contribution in [3.8, 4) is 0 Å². The minimum Gasteiger partial charge on any atom is -0.372 e. The van der Waals surface area contributed by atoms with Crippen molar-refractivity contribution in [2.24, 2.45) is 0 Å². The zero-order valence-electron chi connectivity index (χ0n) is 21.0. The van der Waals surface area contributed by atoms with Gasteiger partial charge >= 0.3 is 0 Å². The fraction of sp³-hybridized carbons (Fsp3) is 0.600. The van der Waals surface area contributed by atoms with Gasteiger partial charge in [-0.3, -0.25) is 0 Å². The fourth-order valence-electron chi connectivity index (χ4n) is 6.07. The van der Waals surface area contributed by atoms with E-state index in [1.54, 1.807) is 0 Å². The average molecular weight is 461 g/mol. The lowest BCUT2D eigenvalue weighted by Gasteiger charge is -2.33. The standard InChI is InChI=1S/C30H44N4/c1-5-19-33(20-6-1)27-15-11-25(12-16-27)23-31-29-9-3-4-10-30(29)32-24-26-13-17-28(18-14-26)34-21-7-2-8-22-34/h11-18,29-32H,1-10,19-24H2/t29-,30?/m1/s1. The predicted molar refractivity (Wildman–Crippen MR) is 145 cm³/mol. The van der Waals surface area contributed by atoms with Crippen molar-refractivity contribution in [2.75, 3.05) is 36.0 Å². The first-order valence-electron chi connectivity index (χ1n) is 14.0. The monoisotopic (exact) mass is 460 g/mol. The van der Waals surface area contributed by atoms with Crippen molar-refractivity contribution in [3.05, 3.63) is 59.7 Å². The minimum absolute atomic E-state index is 0.558. The number of benzene rings is 2. The number of hydrogen-bond donors (Lipinski definition) is 2. The van der Waals surface area contributed by atoms with E-state index in [9.17, 15) is 0 Å². The summed E-state index contributed by atoms with van der Waals surface area (Å²) in [7, 11) is 0. The first-order valence-corrected chi connectivity index (χ1v) is 14.0. The Morgan fingerprint density at radius 1 is 0.500 bits per heavy atom. The van der Waals surface area contributed by atoms with E-state index in [-0.39, 0.29) is 0 Å². The van der Waals surface area contributed by atoms with Crippen LogP contribution in [0.15, 0.2) is 48.5 Å². The first-order chi connectivity index (χ1) is 16.8. The summed E-state index contributed by atoms with van der Waals surface area (Å²) in [5, 5.41) is 7.79. The lowest BCUT2D eigenvalue weighted by molar-refractivity contribution is 0.281. The van der Waals surface area contributed by atoms with Crippen LogP contribution in [0.4, 0.5) is 11.4 Å². The van der Waals surface area contributed by atoms with E-state index in [2.05, 4.69) is 69.0 Å². The van der Waals surface area contributed by atoms with Crippen molar-refractivity contribution >= 4 is 11.4 Å². The fourth-order valence-corrected chi connectivity index (χ4v) is 6.07. The average Bonchev–Trinajstić information content (AvgIpc) is 2.93. The molecule has 0 amide bonds. The van der Waals surface area contributed by atoms with Gasteiger partial charge in [-0.2, -0.15) is 0 Å². The van der Waals surface area contributed by atoms with Gasteiger partial charge in [0.25, 0.3) is 0 Å². The van der Waals surface area contributed by atoms with Crippen LogP contribution in [0.3, 0.4) is 0 Å². The lowest BCUT2D eigenvalue weighted by atomic mass is 9.90. The highest BCUT2D eigenvalue weighted by molar-refractivity contribution is 5.48. The van der Waals surface area contributed by atoms with E-state index in [0.29, 0.717) is 12.1 Å². The molecule has 0 bridgehead atoms. The van der Waals surface area contributed by atoms with Crippen LogP contribution in [0.2, 0.25) is 0 Å². The van der Waals surface area contributed by atoms with Gasteiger partial charge < -0.3 is 20.4 Å². The molecule has 2 aromatic rings. The summed E-state index contributed by atoms with van der Waals surface area (Å²) in [5.74, 6) is 0. The highest BCUT2D eigenvalue weighted by Gasteiger charge is 2.24. The molecule has 2 saturated heterocycles. The van der Waals surface area contributed by atoms with Gasteiger partial charge in [-0.25, -0.2) is 0 Å². The zero-order valence-corrected chi connectivity index (χ0v) is 21.0. The highest BCUT2D eigenvalue weighted by atomic mass is 15.1. The molecule has 34 heavy (non-hydrogen) atoms. The number of hydrogen-bond acceptors (Lipinski definition) is 4. The van der Waals surface area contributed by atoms with Crippen molar-refractivity contribution in [3.63, 3.8) is 0 Å². The molecule has 0 aromatic heterocycles. The van der Waals surface area contributed by atoms with Crippen LogP contribution in [0.5, 0.6) is 0 Å². The van der Waals surface area contributed by atoms with Crippen LogP contribution in [0.1, 0.15) is 75.3 Å². The summed E-state index contributed by atoms with van der Waals surface area (Å²) in [4.78, 5) is 5.09. The number of anilines is 2. The van der Waals surface area contributed by atoms with E-state index < -0.39 is 0 Å². The molecule has 1 saturated carbocycles. The Morgan fingerprint density at radius 3 is 1.26 bits per heavy atom. The van der Waals surface area contributed by atoms with Crippen molar-refractivity contribution < 1.29 is 0 Å². The Bertz CT molecular complexity index is 777. The molecule has 4 heteroatoms. The normalized spacial score (nSPS) is 23.8. The molecule has 2 aromatic carbocycles. The maximum atomic E-state index is 3.89. The molecule has 5 rings (SSSR count). The van der Waals surface area contributed by atoms with Gasteiger partial charge in [0.1, 0.15) is 0 Å². The molecule has 0 radical (unpaired) electrons. The Balaban J connectivity index is 1.10. The SMILES string of the molecule is c1cc(N2CCCCC2)ccc1CNC1CCCC[C@H]1NCc1ccc(N2CCCCC2)cc1. The summed E-state index contributed by atoms with van der Waals surface area (Å²) >= 11 is 0. The van der Waals surface area contributed by atoms with Gasteiger partial charge in [0.05, 0.1) is 0 Å². The molecule has 2 aliphatic heterocycles. The van der Waals surface area contributed by atoms with Gasteiger partial charge in [-0.15, -0.1) is 0 Å². The molecule has 3 aliphatic rings. The Morgan fingerprint density at radius 2 is 0.882 bits per heavy atom. The Labute approximate surface area is 207 Å². The summed E-state index contributed by atoms with van der Waals surface area (Å²) in [6, 6.07) is 19.7. The summed E-state index contributed by atoms with van der Waals surface area (Å²) < 4.78 is 0. The zero-order chi connectivity index (χ0) is 23.0. The molecule has 3 fully saturated rings. The number of piperidine rings is 2. The predicted octanol–water partition coefficient (Wildman–Crippen LogP) is 5.86. The maximum absolute atomic E-state index is 3.89. The van der Waals surface area contributed by atoms with E-state index in [0.717, 1.165) is 13.1 Å². The third-order valence-electron chi connectivity index (χ3n) is 8.22. The first kappa shape index (κ1) is 23.7. The lowest BCUT2D eigenvalue weighted by Crippen LogP contribution is -2.49. The van der Waals surface area contributed by atoms with E-state index in [1.165, 1.54) is 113 Å². The Kier molecular flexibility index (Phi) is 8.42. The second kappa shape index (κ2) is 12.1. The van der Waals surface area contributed by atoms with Gasteiger partial charge in [-0.05, 0) is 86.8 Å². The minimum atomic E-state index is 0.558. The topological polar surface area (TPSA) is 30.5 Å². The summed E-state index contributed by atoms with van der Waals surface area (Å²) in [6.45, 7) is 6.80. The molecule has 2 heterocycles. The van der Waals surface area contributed by atoms with Crippen LogP contribution >= 0.6 is 0 Å². The smallest absolute Gasteiger partial charge is 0.0366 e. The van der Waals surface area contributed by atoms with Gasteiger partial charge in [0.15, 0.2) is 0 Å². The van der Waals surface area contributed by atoms with E-state index in [4.69, 9.17) is 0 Å². The number of nitrogens with one attached hydrogen (secondary N) is 2. The molecule has 1 unspecified atom stereocenters. The van der Waals surface area contributed by atoms with Crippen molar-refractivity contribution in [2.45, 2.75) is 89.4 Å². The van der Waals surface area contributed by atoms with Gasteiger partial charge in [-0.1, -0.05) is 37.1 Å². The van der Waals surface area contributed by atoms with Crippen LogP contribution < -0.4 is 20.4 Å². The molecule has 0 spiro atoms. The molecule has 2 N–H and O–H groups in total.